The van der Waals surface area contributed by atoms with Crippen LogP contribution in [-0.4, -0.2) is 13.7 Å². The van der Waals surface area contributed by atoms with Crippen LogP contribution >= 0.6 is 0 Å². The van der Waals surface area contributed by atoms with Gasteiger partial charge in [-0.2, -0.15) is 0 Å². The first-order chi connectivity index (χ1) is 9.69. The summed E-state index contributed by atoms with van der Waals surface area (Å²) < 4.78 is 5.47. The summed E-state index contributed by atoms with van der Waals surface area (Å²) in [6.07, 6.45) is 1.06. The van der Waals surface area contributed by atoms with Gasteiger partial charge >= 0.3 is 0 Å². The first-order valence-electron chi connectivity index (χ1n) is 6.95. The number of rotatable bonds is 3. The molecule has 2 aromatic carbocycles. The Kier molecular flexibility index (Phi) is 3.26. The Morgan fingerprint density at radius 3 is 2.90 bits per heavy atom. The van der Waals surface area contributed by atoms with Crippen molar-refractivity contribution in [1.82, 2.24) is 0 Å². The van der Waals surface area contributed by atoms with E-state index in [0.29, 0.717) is 0 Å². The minimum atomic E-state index is 0.839. The number of para-hydroxylation sites is 1. The number of ether oxygens (including phenoxy) is 1. The number of anilines is 2. The molecule has 0 saturated heterocycles. The molecule has 0 spiro atoms. The van der Waals surface area contributed by atoms with E-state index in [4.69, 9.17) is 10.5 Å². The summed E-state index contributed by atoms with van der Waals surface area (Å²) in [5, 5.41) is 0. The van der Waals surface area contributed by atoms with Crippen molar-refractivity contribution >= 4 is 11.4 Å². The topological polar surface area (TPSA) is 38.5 Å². The predicted octanol–water partition coefficient (Wildman–Crippen LogP) is 3.15. The number of benzene rings is 2. The second kappa shape index (κ2) is 5.08. The van der Waals surface area contributed by atoms with E-state index >= 15 is 0 Å². The zero-order chi connectivity index (χ0) is 14.1. The van der Waals surface area contributed by atoms with E-state index in [1.807, 2.05) is 18.2 Å². The standard InChI is InChI=1S/C17H20N2O/c1-12-6-7-16(20-2)14(10-12)11-19-9-8-13-4-3-5-15(18)17(13)19/h3-7,10H,8-9,11,18H2,1-2H3. The SMILES string of the molecule is COc1ccc(C)cc1CN1CCc2cccc(N)c21. The Labute approximate surface area is 120 Å². The molecule has 0 atom stereocenters. The zero-order valence-corrected chi connectivity index (χ0v) is 12.0. The molecule has 20 heavy (non-hydrogen) atoms. The van der Waals surface area contributed by atoms with Gasteiger partial charge in [0.25, 0.3) is 0 Å². The van der Waals surface area contributed by atoms with Crippen LogP contribution in [0, 0.1) is 6.92 Å². The quantitative estimate of drug-likeness (QED) is 0.869. The number of fused-ring (bicyclic) bond motifs is 1. The van der Waals surface area contributed by atoms with E-state index in [9.17, 15) is 0 Å². The summed E-state index contributed by atoms with van der Waals surface area (Å²) in [6, 6.07) is 12.5. The fraction of sp³-hybridized carbons (Fsp3) is 0.294. The first kappa shape index (κ1) is 12.9. The summed E-state index contributed by atoms with van der Waals surface area (Å²) in [6.45, 7) is 3.96. The minimum absolute atomic E-state index is 0.839. The Hall–Kier alpha value is -2.16. The molecule has 1 aliphatic rings. The highest BCUT2D eigenvalue weighted by molar-refractivity contribution is 5.74. The van der Waals surface area contributed by atoms with Gasteiger partial charge in [-0.25, -0.2) is 0 Å². The molecule has 2 aromatic rings. The maximum atomic E-state index is 6.14. The van der Waals surface area contributed by atoms with E-state index in [-0.39, 0.29) is 0 Å². The lowest BCUT2D eigenvalue weighted by Crippen LogP contribution is -2.21. The zero-order valence-electron chi connectivity index (χ0n) is 12.0. The van der Waals surface area contributed by atoms with Crippen LogP contribution in [0.25, 0.3) is 0 Å². The molecule has 0 fully saturated rings. The smallest absolute Gasteiger partial charge is 0.123 e. The molecule has 1 aliphatic heterocycles. The van der Waals surface area contributed by atoms with Gasteiger partial charge in [0.1, 0.15) is 5.75 Å². The molecule has 0 amide bonds. The van der Waals surface area contributed by atoms with Crippen molar-refractivity contribution in [2.75, 3.05) is 24.3 Å². The highest BCUT2D eigenvalue weighted by Crippen LogP contribution is 2.35. The van der Waals surface area contributed by atoms with Crippen LogP contribution in [0.5, 0.6) is 5.75 Å². The second-order valence-electron chi connectivity index (χ2n) is 5.34. The summed E-state index contributed by atoms with van der Waals surface area (Å²) >= 11 is 0. The molecule has 0 radical (unpaired) electrons. The summed E-state index contributed by atoms with van der Waals surface area (Å²) in [7, 11) is 1.72. The number of hydrogen-bond acceptors (Lipinski definition) is 3. The van der Waals surface area contributed by atoms with Crippen LogP contribution in [0.2, 0.25) is 0 Å². The van der Waals surface area contributed by atoms with Gasteiger partial charge in [0.15, 0.2) is 0 Å². The highest BCUT2D eigenvalue weighted by Gasteiger charge is 2.22. The summed E-state index contributed by atoms with van der Waals surface area (Å²) in [4.78, 5) is 2.35. The van der Waals surface area contributed by atoms with Crippen molar-refractivity contribution < 1.29 is 4.74 Å². The van der Waals surface area contributed by atoms with Crippen LogP contribution in [0.3, 0.4) is 0 Å². The van der Waals surface area contributed by atoms with E-state index in [1.165, 1.54) is 22.4 Å². The van der Waals surface area contributed by atoms with Gasteiger partial charge in [0.05, 0.1) is 18.5 Å². The maximum absolute atomic E-state index is 6.14. The van der Waals surface area contributed by atoms with Crippen molar-refractivity contribution in [2.45, 2.75) is 19.9 Å². The third kappa shape index (κ3) is 2.20. The first-order valence-corrected chi connectivity index (χ1v) is 6.95. The molecule has 104 valence electrons. The maximum Gasteiger partial charge on any atom is 0.123 e. The molecule has 2 N–H and O–H groups in total. The Morgan fingerprint density at radius 2 is 2.10 bits per heavy atom. The Bertz CT molecular complexity index is 637. The van der Waals surface area contributed by atoms with Gasteiger partial charge in [-0.05, 0) is 31.0 Å². The monoisotopic (exact) mass is 268 g/mol. The number of aryl methyl sites for hydroxylation is 1. The van der Waals surface area contributed by atoms with Crippen molar-refractivity contribution in [1.29, 1.82) is 0 Å². The van der Waals surface area contributed by atoms with Crippen LogP contribution in [0.15, 0.2) is 36.4 Å². The van der Waals surface area contributed by atoms with Crippen molar-refractivity contribution in [2.24, 2.45) is 0 Å². The van der Waals surface area contributed by atoms with Gasteiger partial charge in [-0.3, -0.25) is 0 Å². The average molecular weight is 268 g/mol. The Balaban J connectivity index is 1.93. The van der Waals surface area contributed by atoms with Crippen LogP contribution in [0.4, 0.5) is 11.4 Å². The minimum Gasteiger partial charge on any atom is -0.496 e. The van der Waals surface area contributed by atoms with E-state index in [2.05, 4.69) is 30.0 Å². The highest BCUT2D eigenvalue weighted by atomic mass is 16.5. The normalized spacial score (nSPS) is 13.4. The molecule has 3 nitrogen and oxygen atoms in total. The molecule has 0 saturated carbocycles. The molecule has 0 aromatic heterocycles. The fourth-order valence-electron chi connectivity index (χ4n) is 2.96. The molecule has 3 heteroatoms. The summed E-state index contributed by atoms with van der Waals surface area (Å²) in [5.74, 6) is 0.943. The number of methoxy groups -OCH3 is 1. The molecular weight excluding hydrogens is 248 g/mol. The molecular formula is C17H20N2O. The van der Waals surface area contributed by atoms with Crippen molar-refractivity contribution in [3.05, 3.63) is 53.1 Å². The lowest BCUT2D eigenvalue weighted by molar-refractivity contribution is 0.409. The number of nitrogens with two attached hydrogens (primary N) is 1. The van der Waals surface area contributed by atoms with Crippen LogP contribution in [-0.2, 0) is 13.0 Å². The van der Waals surface area contributed by atoms with Gasteiger partial charge < -0.3 is 15.4 Å². The third-order valence-corrected chi connectivity index (χ3v) is 3.92. The Morgan fingerprint density at radius 1 is 1.25 bits per heavy atom. The largest absolute Gasteiger partial charge is 0.496 e. The van der Waals surface area contributed by atoms with Gasteiger partial charge in [-0.1, -0.05) is 29.8 Å². The molecule has 0 aliphatic carbocycles. The molecule has 1 heterocycles. The summed E-state index contributed by atoms with van der Waals surface area (Å²) in [5.41, 5.74) is 12.0. The number of hydrogen-bond donors (Lipinski definition) is 1. The molecule has 3 rings (SSSR count). The van der Waals surface area contributed by atoms with Gasteiger partial charge in [0.2, 0.25) is 0 Å². The third-order valence-electron chi connectivity index (χ3n) is 3.92. The molecule has 0 bridgehead atoms. The van der Waals surface area contributed by atoms with E-state index in [1.54, 1.807) is 7.11 Å². The van der Waals surface area contributed by atoms with Gasteiger partial charge in [0, 0.05) is 18.7 Å². The van der Waals surface area contributed by atoms with E-state index < -0.39 is 0 Å². The molecule has 0 unspecified atom stereocenters. The van der Waals surface area contributed by atoms with Crippen molar-refractivity contribution in [3.8, 4) is 5.75 Å². The number of nitrogen functional groups attached to an aromatic ring is 1. The van der Waals surface area contributed by atoms with Crippen LogP contribution in [0.1, 0.15) is 16.7 Å². The fourth-order valence-corrected chi connectivity index (χ4v) is 2.96. The predicted molar refractivity (Wildman–Crippen MR) is 83.3 cm³/mol. The lowest BCUT2D eigenvalue weighted by atomic mass is 10.1. The van der Waals surface area contributed by atoms with Gasteiger partial charge in [-0.15, -0.1) is 0 Å². The van der Waals surface area contributed by atoms with Crippen LogP contribution < -0.4 is 15.4 Å². The van der Waals surface area contributed by atoms with E-state index in [0.717, 1.165) is 30.9 Å². The number of nitrogens with zero attached hydrogens (tertiary/aromatic N) is 1. The average Bonchev–Trinajstić information content (AvgIpc) is 2.84. The second-order valence-corrected chi connectivity index (χ2v) is 5.34. The lowest BCUT2D eigenvalue weighted by Gasteiger charge is -2.22. The van der Waals surface area contributed by atoms with Crippen molar-refractivity contribution in [3.63, 3.8) is 0 Å².